The van der Waals surface area contributed by atoms with E-state index in [-0.39, 0.29) is 11.9 Å². The fraction of sp³-hybridized carbons (Fsp3) is 0.200. The molecule has 0 spiro atoms. The van der Waals surface area contributed by atoms with Gasteiger partial charge in [-0.1, -0.05) is 17.7 Å². The third kappa shape index (κ3) is 2.54. The number of hydrogen-bond acceptors (Lipinski definition) is 1. The molecule has 1 aromatic carbocycles. The van der Waals surface area contributed by atoms with Crippen LogP contribution in [-0.2, 0) is 0 Å². The topological polar surface area (TPSA) is 26.0 Å². The van der Waals surface area contributed by atoms with E-state index in [2.05, 4.69) is 6.58 Å². The van der Waals surface area contributed by atoms with Crippen LogP contribution in [0.4, 0.5) is 4.39 Å². The van der Waals surface area contributed by atoms with Gasteiger partial charge >= 0.3 is 0 Å². The summed E-state index contributed by atoms with van der Waals surface area (Å²) >= 11 is 5.85. The molecule has 1 rings (SSSR count). The molecule has 1 unspecified atom stereocenters. The van der Waals surface area contributed by atoms with Crippen molar-refractivity contribution >= 4 is 11.6 Å². The van der Waals surface area contributed by atoms with Gasteiger partial charge in [0.2, 0.25) is 0 Å². The molecule has 70 valence electrons. The maximum Gasteiger partial charge on any atom is 0.123 e. The van der Waals surface area contributed by atoms with E-state index in [1.54, 1.807) is 6.08 Å². The smallest absolute Gasteiger partial charge is 0.123 e. The molecule has 0 aliphatic rings. The van der Waals surface area contributed by atoms with Crippen LogP contribution in [0.15, 0.2) is 30.9 Å². The highest BCUT2D eigenvalue weighted by molar-refractivity contribution is 6.31. The SMILES string of the molecule is C=CCC(N)c1cc(F)ccc1Cl. The van der Waals surface area contributed by atoms with Gasteiger partial charge in [-0.25, -0.2) is 4.39 Å². The van der Waals surface area contributed by atoms with E-state index in [0.29, 0.717) is 17.0 Å². The molecule has 0 bridgehead atoms. The molecular formula is C10H11ClFN. The Morgan fingerprint density at radius 2 is 2.31 bits per heavy atom. The van der Waals surface area contributed by atoms with Crippen LogP contribution in [0, 0.1) is 5.82 Å². The highest BCUT2D eigenvalue weighted by atomic mass is 35.5. The van der Waals surface area contributed by atoms with Crippen LogP contribution in [-0.4, -0.2) is 0 Å². The Balaban J connectivity index is 2.97. The van der Waals surface area contributed by atoms with Crippen molar-refractivity contribution in [1.29, 1.82) is 0 Å². The van der Waals surface area contributed by atoms with Gasteiger partial charge in [0.05, 0.1) is 0 Å². The lowest BCUT2D eigenvalue weighted by Gasteiger charge is -2.11. The van der Waals surface area contributed by atoms with E-state index >= 15 is 0 Å². The molecular weight excluding hydrogens is 189 g/mol. The van der Waals surface area contributed by atoms with Crippen molar-refractivity contribution in [2.24, 2.45) is 5.73 Å². The van der Waals surface area contributed by atoms with Crippen LogP contribution < -0.4 is 5.73 Å². The van der Waals surface area contributed by atoms with Crippen LogP contribution in [0.3, 0.4) is 0 Å². The predicted octanol–water partition coefficient (Wildman–Crippen LogP) is 3.06. The zero-order valence-corrected chi connectivity index (χ0v) is 7.89. The molecule has 0 aliphatic heterocycles. The van der Waals surface area contributed by atoms with Gasteiger partial charge in [-0.2, -0.15) is 0 Å². The Kier molecular flexibility index (Phi) is 3.46. The van der Waals surface area contributed by atoms with Gasteiger partial charge < -0.3 is 5.73 Å². The molecule has 0 aromatic heterocycles. The van der Waals surface area contributed by atoms with E-state index in [1.807, 2.05) is 0 Å². The summed E-state index contributed by atoms with van der Waals surface area (Å²) in [5.74, 6) is -0.320. The maximum absolute atomic E-state index is 12.8. The standard InChI is InChI=1S/C10H11ClFN/c1-2-3-10(13)8-6-7(12)4-5-9(8)11/h2,4-6,10H,1,3,13H2. The lowest BCUT2D eigenvalue weighted by molar-refractivity contribution is 0.620. The lowest BCUT2D eigenvalue weighted by Crippen LogP contribution is -2.09. The first-order valence-corrected chi connectivity index (χ1v) is 4.34. The normalized spacial score (nSPS) is 12.5. The number of rotatable bonds is 3. The molecule has 0 aliphatic carbocycles. The number of halogens is 2. The van der Waals surface area contributed by atoms with Crippen molar-refractivity contribution in [2.75, 3.05) is 0 Å². The van der Waals surface area contributed by atoms with Crippen LogP contribution in [0.1, 0.15) is 18.0 Å². The minimum absolute atomic E-state index is 0.277. The summed E-state index contributed by atoms with van der Waals surface area (Å²) in [6.07, 6.45) is 2.27. The van der Waals surface area contributed by atoms with E-state index < -0.39 is 0 Å². The number of benzene rings is 1. The molecule has 0 radical (unpaired) electrons. The zero-order chi connectivity index (χ0) is 9.84. The molecule has 0 fully saturated rings. The highest BCUT2D eigenvalue weighted by Gasteiger charge is 2.09. The summed E-state index contributed by atoms with van der Waals surface area (Å²) in [6.45, 7) is 3.56. The Hall–Kier alpha value is -0.860. The van der Waals surface area contributed by atoms with Gasteiger partial charge in [-0.15, -0.1) is 6.58 Å². The van der Waals surface area contributed by atoms with Gasteiger partial charge in [-0.05, 0) is 30.2 Å². The first-order chi connectivity index (χ1) is 6.15. The Morgan fingerprint density at radius 3 is 2.92 bits per heavy atom. The summed E-state index contributed by atoms with van der Waals surface area (Å²) < 4.78 is 12.8. The summed E-state index contributed by atoms with van der Waals surface area (Å²) in [4.78, 5) is 0. The minimum Gasteiger partial charge on any atom is -0.324 e. The lowest BCUT2D eigenvalue weighted by atomic mass is 10.0. The third-order valence-electron chi connectivity index (χ3n) is 1.78. The molecule has 1 atom stereocenters. The van der Waals surface area contributed by atoms with Gasteiger partial charge in [0.15, 0.2) is 0 Å². The van der Waals surface area contributed by atoms with Crippen molar-refractivity contribution in [3.8, 4) is 0 Å². The van der Waals surface area contributed by atoms with Crippen molar-refractivity contribution in [3.05, 3.63) is 47.3 Å². The molecule has 13 heavy (non-hydrogen) atoms. The van der Waals surface area contributed by atoms with E-state index in [9.17, 15) is 4.39 Å². The average molecular weight is 200 g/mol. The van der Waals surface area contributed by atoms with Crippen LogP contribution in [0.5, 0.6) is 0 Å². The molecule has 2 N–H and O–H groups in total. The third-order valence-corrected chi connectivity index (χ3v) is 2.12. The van der Waals surface area contributed by atoms with Crippen LogP contribution >= 0.6 is 11.6 Å². The summed E-state index contributed by atoms with van der Waals surface area (Å²) in [6, 6.07) is 3.90. The largest absolute Gasteiger partial charge is 0.324 e. The quantitative estimate of drug-likeness (QED) is 0.744. The van der Waals surface area contributed by atoms with Gasteiger partial charge in [-0.3, -0.25) is 0 Å². The predicted molar refractivity (Wildman–Crippen MR) is 53.2 cm³/mol. The van der Waals surface area contributed by atoms with Gasteiger partial charge in [0.25, 0.3) is 0 Å². The molecule has 3 heteroatoms. The molecule has 0 heterocycles. The minimum atomic E-state index is -0.320. The fourth-order valence-electron chi connectivity index (χ4n) is 1.11. The summed E-state index contributed by atoms with van der Waals surface area (Å²) in [7, 11) is 0. The summed E-state index contributed by atoms with van der Waals surface area (Å²) in [5, 5.41) is 0.496. The van der Waals surface area contributed by atoms with E-state index in [0.717, 1.165) is 0 Å². The van der Waals surface area contributed by atoms with Crippen molar-refractivity contribution < 1.29 is 4.39 Å². The van der Waals surface area contributed by atoms with Crippen molar-refractivity contribution in [3.63, 3.8) is 0 Å². The van der Waals surface area contributed by atoms with Crippen LogP contribution in [0.2, 0.25) is 5.02 Å². The second-order valence-corrected chi connectivity index (χ2v) is 3.20. The maximum atomic E-state index is 12.8. The molecule has 0 saturated heterocycles. The Morgan fingerprint density at radius 1 is 1.62 bits per heavy atom. The van der Waals surface area contributed by atoms with Crippen molar-refractivity contribution in [2.45, 2.75) is 12.5 Å². The van der Waals surface area contributed by atoms with Crippen molar-refractivity contribution in [1.82, 2.24) is 0 Å². The second-order valence-electron chi connectivity index (χ2n) is 2.80. The molecule has 0 amide bonds. The Bertz CT molecular complexity index is 312. The number of hydrogen-bond donors (Lipinski definition) is 1. The Labute approximate surface area is 82.0 Å². The zero-order valence-electron chi connectivity index (χ0n) is 7.13. The highest BCUT2D eigenvalue weighted by Crippen LogP contribution is 2.24. The second kappa shape index (κ2) is 4.40. The van der Waals surface area contributed by atoms with Crippen LogP contribution in [0.25, 0.3) is 0 Å². The fourth-order valence-corrected chi connectivity index (χ4v) is 1.36. The average Bonchev–Trinajstić information content (AvgIpc) is 2.09. The monoisotopic (exact) mass is 199 g/mol. The van der Waals surface area contributed by atoms with E-state index in [1.165, 1.54) is 18.2 Å². The van der Waals surface area contributed by atoms with Gasteiger partial charge in [0, 0.05) is 11.1 Å². The van der Waals surface area contributed by atoms with Gasteiger partial charge in [0.1, 0.15) is 5.82 Å². The molecule has 0 saturated carbocycles. The first-order valence-electron chi connectivity index (χ1n) is 3.96. The first kappa shape index (κ1) is 10.2. The number of nitrogens with two attached hydrogens (primary N) is 1. The molecule has 1 aromatic rings. The molecule has 1 nitrogen and oxygen atoms in total. The summed E-state index contributed by atoms with van der Waals surface area (Å²) in [5.41, 5.74) is 6.38. The van der Waals surface area contributed by atoms with E-state index in [4.69, 9.17) is 17.3 Å².